The maximum absolute atomic E-state index is 8.39. The van der Waals surface area contributed by atoms with Gasteiger partial charge in [0.2, 0.25) is 0 Å². The van der Waals surface area contributed by atoms with Crippen LogP contribution in [0.25, 0.3) is 10.4 Å². The molecule has 3 heteroatoms. The summed E-state index contributed by atoms with van der Waals surface area (Å²) in [4.78, 5) is 2.85. The minimum Gasteiger partial charge on any atom is -0.0859 e. The molecule has 0 amide bonds. The molecule has 0 bridgehead atoms. The summed E-state index contributed by atoms with van der Waals surface area (Å²) in [6.07, 6.45) is 1.88. The van der Waals surface area contributed by atoms with Gasteiger partial charge in [0.25, 0.3) is 0 Å². The van der Waals surface area contributed by atoms with E-state index in [1.807, 2.05) is 19.1 Å². The van der Waals surface area contributed by atoms with E-state index in [1.165, 1.54) is 5.56 Å². The molecule has 0 aromatic heterocycles. The van der Waals surface area contributed by atoms with Crippen LogP contribution in [-0.4, -0.2) is 0 Å². The Morgan fingerprint density at radius 1 is 1.29 bits per heavy atom. The van der Waals surface area contributed by atoms with Crippen LogP contribution in [0.1, 0.15) is 37.4 Å². The third-order valence-corrected chi connectivity index (χ3v) is 2.35. The van der Waals surface area contributed by atoms with Gasteiger partial charge in [-0.05, 0) is 29.5 Å². The molecule has 1 atom stereocenters. The van der Waals surface area contributed by atoms with Crippen LogP contribution in [0, 0.1) is 0 Å². The van der Waals surface area contributed by atoms with E-state index in [2.05, 4.69) is 29.1 Å². The van der Waals surface area contributed by atoms with Crippen molar-refractivity contribution in [1.29, 1.82) is 0 Å². The molecule has 0 spiro atoms. The van der Waals surface area contributed by atoms with Gasteiger partial charge in [-0.2, -0.15) is 0 Å². The van der Waals surface area contributed by atoms with Gasteiger partial charge in [-0.25, -0.2) is 0 Å². The van der Waals surface area contributed by atoms with E-state index in [-0.39, 0.29) is 6.04 Å². The van der Waals surface area contributed by atoms with Crippen molar-refractivity contribution in [3.8, 4) is 0 Å². The van der Waals surface area contributed by atoms with Crippen molar-refractivity contribution in [2.75, 3.05) is 0 Å². The van der Waals surface area contributed by atoms with E-state index in [1.54, 1.807) is 0 Å². The topological polar surface area (TPSA) is 48.8 Å². The molecular weight excluding hydrogens is 174 g/mol. The van der Waals surface area contributed by atoms with Crippen molar-refractivity contribution < 1.29 is 0 Å². The minimum absolute atomic E-state index is 0.0223. The average molecular weight is 189 g/mol. The van der Waals surface area contributed by atoms with Crippen molar-refractivity contribution in [2.24, 2.45) is 5.11 Å². The lowest BCUT2D eigenvalue weighted by molar-refractivity contribution is 0.692. The van der Waals surface area contributed by atoms with E-state index in [0.29, 0.717) is 0 Å². The number of rotatable bonds is 4. The Balaban J connectivity index is 2.88. The fourth-order valence-corrected chi connectivity index (χ4v) is 1.42. The number of aryl methyl sites for hydroxylation is 1. The van der Waals surface area contributed by atoms with E-state index in [4.69, 9.17) is 5.53 Å². The molecule has 0 fully saturated rings. The number of hydrogen-bond donors (Lipinski definition) is 0. The van der Waals surface area contributed by atoms with Gasteiger partial charge in [-0.15, -0.1) is 0 Å². The molecule has 1 aromatic carbocycles. The molecule has 1 rings (SSSR count). The first-order chi connectivity index (χ1) is 6.81. The van der Waals surface area contributed by atoms with Gasteiger partial charge in [-0.1, -0.05) is 43.2 Å². The second kappa shape index (κ2) is 5.30. The highest BCUT2D eigenvalue weighted by atomic mass is 15.1. The van der Waals surface area contributed by atoms with Crippen LogP contribution in [0.15, 0.2) is 29.4 Å². The fraction of sp³-hybridized carbons (Fsp3) is 0.455. The van der Waals surface area contributed by atoms with E-state index in [0.717, 1.165) is 18.4 Å². The van der Waals surface area contributed by atoms with Gasteiger partial charge in [0.15, 0.2) is 0 Å². The Bertz CT molecular complexity index is 323. The standard InChI is InChI=1S/C11H15N3/c1-3-9-5-7-10(8-6-9)11(4-2)13-14-12/h5-8,11H,3-4H2,1-2H3/t11-/m1/s1. The molecule has 0 saturated carbocycles. The van der Waals surface area contributed by atoms with Gasteiger partial charge in [-0.3, -0.25) is 0 Å². The third-order valence-electron chi connectivity index (χ3n) is 2.35. The molecule has 0 unspecified atom stereocenters. The van der Waals surface area contributed by atoms with Crippen LogP contribution in [0.5, 0.6) is 0 Å². The summed E-state index contributed by atoms with van der Waals surface area (Å²) in [7, 11) is 0. The molecule has 3 nitrogen and oxygen atoms in total. The Morgan fingerprint density at radius 2 is 1.93 bits per heavy atom. The van der Waals surface area contributed by atoms with Crippen molar-refractivity contribution in [3.63, 3.8) is 0 Å². The van der Waals surface area contributed by atoms with Gasteiger partial charge in [0.1, 0.15) is 0 Å². The van der Waals surface area contributed by atoms with Crippen LogP contribution >= 0.6 is 0 Å². The Kier molecular flexibility index (Phi) is 4.02. The first kappa shape index (κ1) is 10.6. The zero-order valence-electron chi connectivity index (χ0n) is 8.64. The number of benzene rings is 1. The lowest BCUT2D eigenvalue weighted by atomic mass is 10.0. The lowest BCUT2D eigenvalue weighted by Gasteiger charge is -2.08. The number of nitrogens with zero attached hydrogens (tertiary/aromatic N) is 3. The lowest BCUT2D eigenvalue weighted by Crippen LogP contribution is -1.92. The zero-order chi connectivity index (χ0) is 10.4. The van der Waals surface area contributed by atoms with Crippen molar-refractivity contribution in [2.45, 2.75) is 32.7 Å². The third kappa shape index (κ3) is 2.51. The summed E-state index contributed by atoms with van der Waals surface area (Å²) >= 11 is 0. The molecule has 14 heavy (non-hydrogen) atoms. The highest BCUT2D eigenvalue weighted by molar-refractivity contribution is 5.25. The monoisotopic (exact) mass is 189 g/mol. The molecular formula is C11H15N3. The van der Waals surface area contributed by atoms with Gasteiger partial charge < -0.3 is 0 Å². The molecule has 0 aliphatic carbocycles. The summed E-state index contributed by atoms with van der Waals surface area (Å²) in [6, 6.07) is 8.24. The second-order valence-corrected chi connectivity index (χ2v) is 3.22. The fourth-order valence-electron chi connectivity index (χ4n) is 1.42. The molecule has 0 aliphatic rings. The van der Waals surface area contributed by atoms with Crippen molar-refractivity contribution in [1.82, 2.24) is 0 Å². The normalized spacial score (nSPS) is 11.9. The molecule has 0 radical (unpaired) electrons. The molecule has 0 saturated heterocycles. The van der Waals surface area contributed by atoms with E-state index >= 15 is 0 Å². The van der Waals surface area contributed by atoms with Crippen LogP contribution in [0.4, 0.5) is 0 Å². The van der Waals surface area contributed by atoms with Crippen molar-refractivity contribution in [3.05, 3.63) is 45.8 Å². The predicted molar refractivity (Wildman–Crippen MR) is 58.0 cm³/mol. The highest BCUT2D eigenvalue weighted by Crippen LogP contribution is 2.21. The van der Waals surface area contributed by atoms with Crippen LogP contribution < -0.4 is 0 Å². The van der Waals surface area contributed by atoms with E-state index < -0.39 is 0 Å². The maximum atomic E-state index is 8.39. The Labute approximate surface area is 84.4 Å². The van der Waals surface area contributed by atoms with Crippen LogP contribution in [0.3, 0.4) is 0 Å². The van der Waals surface area contributed by atoms with Gasteiger partial charge >= 0.3 is 0 Å². The first-order valence-corrected chi connectivity index (χ1v) is 4.94. The average Bonchev–Trinajstić information content (AvgIpc) is 2.26. The van der Waals surface area contributed by atoms with Crippen LogP contribution in [-0.2, 0) is 6.42 Å². The van der Waals surface area contributed by atoms with Gasteiger partial charge in [0, 0.05) is 4.91 Å². The molecule has 1 aromatic rings. The number of hydrogen-bond acceptors (Lipinski definition) is 1. The first-order valence-electron chi connectivity index (χ1n) is 4.94. The summed E-state index contributed by atoms with van der Waals surface area (Å²) in [5.74, 6) is 0. The smallest absolute Gasteiger partial charge is 0.0622 e. The molecule has 74 valence electrons. The Hall–Kier alpha value is -1.47. The Morgan fingerprint density at radius 3 is 2.36 bits per heavy atom. The highest BCUT2D eigenvalue weighted by Gasteiger charge is 2.05. The van der Waals surface area contributed by atoms with Crippen molar-refractivity contribution >= 4 is 0 Å². The molecule has 0 aliphatic heterocycles. The SMILES string of the molecule is CCc1ccc([C@@H](CC)N=[N+]=[N-])cc1. The zero-order valence-corrected chi connectivity index (χ0v) is 8.64. The molecule has 0 heterocycles. The largest absolute Gasteiger partial charge is 0.0859 e. The minimum atomic E-state index is -0.0223. The summed E-state index contributed by atoms with van der Waals surface area (Å²) in [5, 5.41) is 3.75. The summed E-state index contributed by atoms with van der Waals surface area (Å²) < 4.78 is 0. The maximum Gasteiger partial charge on any atom is 0.0622 e. The summed E-state index contributed by atoms with van der Waals surface area (Å²) in [5.41, 5.74) is 10.8. The molecule has 0 N–H and O–H groups in total. The quantitative estimate of drug-likeness (QED) is 0.390. The summed E-state index contributed by atoms with van der Waals surface area (Å²) in [6.45, 7) is 4.15. The predicted octanol–water partition coefficient (Wildman–Crippen LogP) is 4.01. The van der Waals surface area contributed by atoms with Crippen LogP contribution in [0.2, 0.25) is 0 Å². The van der Waals surface area contributed by atoms with Gasteiger partial charge in [0.05, 0.1) is 6.04 Å². The van der Waals surface area contributed by atoms with E-state index in [9.17, 15) is 0 Å². The second-order valence-electron chi connectivity index (χ2n) is 3.22. The number of azide groups is 1.